The second kappa shape index (κ2) is 7.98. The number of hydrogen-bond acceptors (Lipinski definition) is 7. The molecule has 0 aliphatic carbocycles. The number of aromatic nitrogens is 2. The molecule has 0 spiro atoms. The zero-order chi connectivity index (χ0) is 21.3. The molecule has 0 N–H and O–H groups in total. The molecule has 8 heteroatoms. The van der Waals surface area contributed by atoms with E-state index in [9.17, 15) is 14.4 Å². The summed E-state index contributed by atoms with van der Waals surface area (Å²) in [4.78, 5) is 37.9. The third kappa shape index (κ3) is 3.76. The Hall–Kier alpha value is -3.68. The third-order valence-electron chi connectivity index (χ3n) is 4.63. The number of hydrogen-bond donors (Lipinski definition) is 0. The highest BCUT2D eigenvalue weighted by Gasteiger charge is 2.21. The molecule has 0 saturated heterocycles. The molecule has 154 valence electrons. The van der Waals surface area contributed by atoms with Crippen LogP contribution in [0.4, 0.5) is 0 Å². The maximum atomic E-state index is 12.7. The van der Waals surface area contributed by atoms with Gasteiger partial charge in [0.15, 0.2) is 29.6 Å². The average molecular weight is 408 g/mol. The summed E-state index contributed by atoms with van der Waals surface area (Å²) < 4.78 is 17.0. The third-order valence-corrected chi connectivity index (χ3v) is 4.63. The number of benzene rings is 2. The first-order valence-corrected chi connectivity index (χ1v) is 9.54. The van der Waals surface area contributed by atoms with Crippen molar-refractivity contribution in [1.29, 1.82) is 0 Å². The molecule has 8 nitrogen and oxygen atoms in total. The summed E-state index contributed by atoms with van der Waals surface area (Å²) in [7, 11) is 0. The van der Waals surface area contributed by atoms with Crippen molar-refractivity contribution in [2.75, 3.05) is 13.4 Å². The average Bonchev–Trinajstić information content (AvgIpc) is 3.21. The maximum absolute atomic E-state index is 12.7. The number of Topliss-reactive ketones (excluding diaryl/α,β-unsaturated/α-hetero) is 1. The van der Waals surface area contributed by atoms with Crippen LogP contribution < -0.4 is 15.0 Å². The lowest BCUT2D eigenvalue weighted by Gasteiger charge is -2.12. The zero-order valence-electron chi connectivity index (χ0n) is 16.6. The highest BCUT2D eigenvalue weighted by Crippen LogP contribution is 2.32. The van der Waals surface area contributed by atoms with Crippen molar-refractivity contribution in [1.82, 2.24) is 9.78 Å². The fourth-order valence-electron chi connectivity index (χ4n) is 3.21. The van der Waals surface area contributed by atoms with Gasteiger partial charge in [-0.1, -0.05) is 32.0 Å². The number of ketones is 1. The Kier molecular flexibility index (Phi) is 5.22. The molecule has 0 bridgehead atoms. The van der Waals surface area contributed by atoms with Gasteiger partial charge in [-0.05, 0) is 30.2 Å². The quantitative estimate of drug-likeness (QED) is 0.457. The Balaban J connectivity index is 1.58. The van der Waals surface area contributed by atoms with Gasteiger partial charge in [-0.25, -0.2) is 9.48 Å². The van der Waals surface area contributed by atoms with Gasteiger partial charge in [0, 0.05) is 17.5 Å². The molecule has 0 atom stereocenters. The molecule has 1 aliphatic heterocycles. The smallest absolute Gasteiger partial charge is 0.359 e. The first-order chi connectivity index (χ1) is 14.4. The Morgan fingerprint density at radius 2 is 1.83 bits per heavy atom. The van der Waals surface area contributed by atoms with Crippen molar-refractivity contribution < 1.29 is 23.8 Å². The lowest BCUT2D eigenvalue weighted by Crippen LogP contribution is -2.28. The van der Waals surface area contributed by atoms with Crippen LogP contribution in [0.1, 0.15) is 34.7 Å². The van der Waals surface area contributed by atoms with Crippen molar-refractivity contribution in [3.8, 4) is 11.5 Å². The van der Waals surface area contributed by atoms with Crippen LogP contribution in [-0.2, 0) is 11.3 Å². The van der Waals surface area contributed by atoms with Gasteiger partial charge in [-0.15, -0.1) is 0 Å². The van der Waals surface area contributed by atoms with Crippen LogP contribution in [0.3, 0.4) is 0 Å². The Bertz CT molecular complexity index is 1200. The minimum atomic E-state index is -0.766. The van der Waals surface area contributed by atoms with Crippen LogP contribution in [0.15, 0.2) is 47.3 Å². The van der Waals surface area contributed by atoms with Crippen LogP contribution in [-0.4, -0.2) is 34.9 Å². The number of ether oxygens (including phenoxy) is 3. The number of fused-ring (bicyclic) bond motifs is 2. The summed E-state index contributed by atoms with van der Waals surface area (Å²) in [5.41, 5.74) is 0.0752. The predicted molar refractivity (Wildman–Crippen MR) is 108 cm³/mol. The van der Waals surface area contributed by atoms with Crippen molar-refractivity contribution >= 4 is 22.5 Å². The van der Waals surface area contributed by atoms with Crippen molar-refractivity contribution in [3.63, 3.8) is 0 Å². The standard InChI is InChI=1S/C22H20N2O6/c1-13(2)10-24-21(26)16-6-4-3-5-15(16)20(23-24)22(27)28-11-17(25)14-7-8-18-19(9-14)30-12-29-18/h3-9,13H,10-12H2,1-2H3. The molecule has 0 amide bonds. The van der Waals surface area contributed by atoms with E-state index in [1.165, 1.54) is 4.68 Å². The molecular formula is C22H20N2O6. The predicted octanol–water partition coefficient (Wildman–Crippen LogP) is 2.82. The summed E-state index contributed by atoms with van der Waals surface area (Å²) in [5, 5.41) is 4.99. The van der Waals surface area contributed by atoms with E-state index in [0.717, 1.165) is 0 Å². The number of carbonyl (C=O) groups excluding carboxylic acids is 2. The molecule has 1 aromatic heterocycles. The molecule has 0 radical (unpaired) electrons. The molecule has 0 unspecified atom stereocenters. The van der Waals surface area contributed by atoms with Crippen LogP contribution >= 0.6 is 0 Å². The van der Waals surface area contributed by atoms with Crippen LogP contribution in [0.25, 0.3) is 10.8 Å². The molecule has 1 aliphatic rings. The molecule has 30 heavy (non-hydrogen) atoms. The van der Waals surface area contributed by atoms with E-state index in [0.29, 0.717) is 34.4 Å². The summed E-state index contributed by atoms with van der Waals surface area (Å²) in [6, 6.07) is 11.5. The fourth-order valence-corrected chi connectivity index (χ4v) is 3.21. The van der Waals surface area contributed by atoms with Gasteiger partial charge in [-0.3, -0.25) is 9.59 Å². The monoisotopic (exact) mass is 408 g/mol. The first kappa shape index (κ1) is 19.6. The maximum Gasteiger partial charge on any atom is 0.359 e. The van der Waals surface area contributed by atoms with Gasteiger partial charge in [0.1, 0.15) is 0 Å². The van der Waals surface area contributed by atoms with E-state index in [1.54, 1.807) is 42.5 Å². The van der Waals surface area contributed by atoms with Gasteiger partial charge in [0.05, 0.1) is 5.39 Å². The highest BCUT2D eigenvalue weighted by molar-refractivity contribution is 6.04. The Labute approximate surface area is 172 Å². The minimum absolute atomic E-state index is 0.00402. The fraction of sp³-hybridized carbons (Fsp3) is 0.273. The molecule has 2 heterocycles. The minimum Gasteiger partial charge on any atom is -0.454 e. The largest absolute Gasteiger partial charge is 0.454 e. The molecular weight excluding hydrogens is 388 g/mol. The van der Waals surface area contributed by atoms with Gasteiger partial charge < -0.3 is 14.2 Å². The zero-order valence-corrected chi connectivity index (χ0v) is 16.6. The van der Waals surface area contributed by atoms with Crippen molar-refractivity contribution in [2.24, 2.45) is 5.92 Å². The van der Waals surface area contributed by atoms with E-state index >= 15 is 0 Å². The second-order valence-electron chi connectivity index (χ2n) is 7.34. The summed E-state index contributed by atoms with van der Waals surface area (Å²) in [6.45, 7) is 3.90. The van der Waals surface area contributed by atoms with Crippen molar-refractivity contribution in [3.05, 3.63) is 64.1 Å². The van der Waals surface area contributed by atoms with E-state index in [2.05, 4.69) is 5.10 Å². The van der Waals surface area contributed by atoms with Crippen LogP contribution in [0.5, 0.6) is 11.5 Å². The number of rotatable bonds is 6. The lowest BCUT2D eigenvalue weighted by atomic mass is 10.1. The van der Waals surface area contributed by atoms with E-state index < -0.39 is 12.6 Å². The molecule has 0 fully saturated rings. The highest BCUT2D eigenvalue weighted by atomic mass is 16.7. The van der Waals surface area contributed by atoms with E-state index in [-0.39, 0.29) is 29.7 Å². The molecule has 2 aromatic carbocycles. The topological polar surface area (TPSA) is 96.7 Å². The van der Waals surface area contributed by atoms with Crippen molar-refractivity contribution in [2.45, 2.75) is 20.4 Å². The number of nitrogens with zero attached hydrogens (tertiary/aromatic N) is 2. The molecule has 4 rings (SSSR count). The normalized spacial score (nSPS) is 12.4. The SMILES string of the molecule is CC(C)Cn1nc(C(=O)OCC(=O)c2ccc3c(c2)OCO3)c2ccccc2c1=O. The Morgan fingerprint density at radius 1 is 1.10 bits per heavy atom. The summed E-state index contributed by atoms with van der Waals surface area (Å²) in [5.74, 6) is 0.0410. The Morgan fingerprint density at radius 3 is 2.60 bits per heavy atom. The van der Waals surface area contributed by atoms with Gasteiger partial charge in [-0.2, -0.15) is 5.10 Å². The van der Waals surface area contributed by atoms with Gasteiger partial charge >= 0.3 is 5.97 Å². The molecule has 0 saturated carbocycles. The number of carbonyl (C=O) groups is 2. The number of esters is 1. The molecule has 3 aromatic rings. The van der Waals surface area contributed by atoms with E-state index in [4.69, 9.17) is 14.2 Å². The lowest BCUT2D eigenvalue weighted by molar-refractivity contribution is 0.0468. The van der Waals surface area contributed by atoms with Gasteiger partial charge in [0.25, 0.3) is 5.56 Å². The summed E-state index contributed by atoms with van der Waals surface area (Å²) in [6.07, 6.45) is 0. The summed E-state index contributed by atoms with van der Waals surface area (Å²) >= 11 is 0. The van der Waals surface area contributed by atoms with Crippen LogP contribution in [0.2, 0.25) is 0 Å². The van der Waals surface area contributed by atoms with Crippen LogP contribution in [0, 0.1) is 5.92 Å². The van der Waals surface area contributed by atoms with E-state index in [1.807, 2.05) is 13.8 Å². The second-order valence-corrected chi connectivity index (χ2v) is 7.34. The van der Waals surface area contributed by atoms with Gasteiger partial charge in [0.2, 0.25) is 6.79 Å². The first-order valence-electron chi connectivity index (χ1n) is 9.54.